The smallest absolute Gasteiger partial charge is 0.0542 e. The molecule has 3 heteroatoms. The highest BCUT2D eigenvalue weighted by atomic mass is 15.0. The molecule has 0 saturated carbocycles. The van der Waals surface area contributed by atoms with Crippen LogP contribution in [0.3, 0.4) is 0 Å². The third kappa shape index (κ3) is 3.21. The van der Waals surface area contributed by atoms with Crippen molar-refractivity contribution in [2.75, 3.05) is 11.1 Å². The zero-order valence-corrected chi connectivity index (χ0v) is 19.1. The summed E-state index contributed by atoms with van der Waals surface area (Å²) < 4.78 is 2.33. The lowest BCUT2D eigenvalue weighted by atomic mass is 10.0. The monoisotopic (exact) mass is 449 g/mol. The first-order valence-corrected chi connectivity index (χ1v) is 11.8. The predicted molar refractivity (Wildman–Crippen MR) is 150 cm³/mol. The second-order valence-corrected chi connectivity index (χ2v) is 9.03. The van der Waals surface area contributed by atoms with Gasteiger partial charge in [-0.3, -0.25) is 0 Å². The Bertz CT molecular complexity index is 1880. The van der Waals surface area contributed by atoms with Gasteiger partial charge in [0.15, 0.2) is 0 Å². The van der Waals surface area contributed by atoms with Crippen molar-refractivity contribution >= 4 is 60.4 Å². The lowest BCUT2D eigenvalue weighted by Crippen LogP contribution is -1.94. The molecule has 35 heavy (non-hydrogen) atoms. The van der Waals surface area contributed by atoms with Crippen molar-refractivity contribution in [3.63, 3.8) is 0 Å². The minimum absolute atomic E-state index is 0.781. The highest BCUT2D eigenvalue weighted by Crippen LogP contribution is 2.35. The van der Waals surface area contributed by atoms with Crippen molar-refractivity contribution in [1.82, 2.24) is 4.57 Å². The minimum atomic E-state index is 0.781. The molecule has 0 atom stereocenters. The van der Waals surface area contributed by atoms with Gasteiger partial charge < -0.3 is 15.6 Å². The number of aromatic nitrogens is 1. The van der Waals surface area contributed by atoms with Gasteiger partial charge in [-0.05, 0) is 82.2 Å². The fourth-order valence-electron chi connectivity index (χ4n) is 5.22. The summed E-state index contributed by atoms with van der Waals surface area (Å²) in [5.41, 5.74) is 12.6. The highest BCUT2D eigenvalue weighted by molar-refractivity contribution is 6.11. The lowest BCUT2D eigenvalue weighted by Gasteiger charge is -2.11. The maximum absolute atomic E-state index is 6.10. The molecular formula is C32H23N3. The fraction of sp³-hybridized carbons (Fsp3) is 0. The number of nitrogen functional groups attached to an aromatic ring is 1. The minimum Gasteiger partial charge on any atom is -0.399 e. The number of hydrogen-bond acceptors (Lipinski definition) is 2. The van der Waals surface area contributed by atoms with E-state index in [1.807, 2.05) is 6.07 Å². The van der Waals surface area contributed by atoms with Crippen LogP contribution in [0.25, 0.3) is 49.0 Å². The van der Waals surface area contributed by atoms with Gasteiger partial charge in [0.05, 0.1) is 11.0 Å². The summed E-state index contributed by atoms with van der Waals surface area (Å²) in [6.07, 6.45) is 0. The molecule has 0 aliphatic carbocycles. The van der Waals surface area contributed by atoms with Crippen LogP contribution in [0.1, 0.15) is 0 Å². The van der Waals surface area contributed by atoms with E-state index in [0.29, 0.717) is 0 Å². The van der Waals surface area contributed by atoms with E-state index in [9.17, 15) is 0 Å². The number of anilines is 3. The van der Waals surface area contributed by atoms with E-state index in [2.05, 4.69) is 125 Å². The Morgan fingerprint density at radius 2 is 1.09 bits per heavy atom. The Balaban J connectivity index is 1.36. The van der Waals surface area contributed by atoms with E-state index in [1.165, 1.54) is 49.0 Å². The second kappa shape index (κ2) is 7.64. The molecule has 166 valence electrons. The Labute approximate surface area is 203 Å². The van der Waals surface area contributed by atoms with Crippen LogP contribution in [0.15, 0.2) is 121 Å². The third-order valence-electron chi connectivity index (χ3n) is 6.84. The summed E-state index contributed by atoms with van der Waals surface area (Å²) in [6.45, 7) is 0. The third-order valence-corrected chi connectivity index (χ3v) is 6.84. The quantitative estimate of drug-likeness (QED) is 0.210. The Kier molecular flexibility index (Phi) is 4.30. The zero-order valence-electron chi connectivity index (χ0n) is 19.1. The molecule has 1 heterocycles. The van der Waals surface area contributed by atoms with Crippen LogP contribution in [0.4, 0.5) is 17.1 Å². The van der Waals surface area contributed by atoms with E-state index >= 15 is 0 Å². The van der Waals surface area contributed by atoms with Crippen LogP contribution in [0.5, 0.6) is 0 Å². The molecule has 0 bridgehead atoms. The summed E-state index contributed by atoms with van der Waals surface area (Å²) >= 11 is 0. The van der Waals surface area contributed by atoms with Crippen LogP contribution in [-0.4, -0.2) is 4.57 Å². The molecule has 7 aromatic rings. The van der Waals surface area contributed by atoms with Crippen LogP contribution >= 0.6 is 0 Å². The van der Waals surface area contributed by atoms with Crippen LogP contribution in [-0.2, 0) is 0 Å². The van der Waals surface area contributed by atoms with E-state index in [-0.39, 0.29) is 0 Å². The van der Waals surface area contributed by atoms with Gasteiger partial charge in [0, 0.05) is 33.5 Å². The fourth-order valence-corrected chi connectivity index (χ4v) is 5.22. The standard InChI is InChI=1S/C32H23N3/c33-23-14-12-21-10-11-22-13-15-24(19-29(22)28(21)18-23)34-25-16-17-32-30(20-25)27-8-4-5-9-31(27)35(32)26-6-2-1-3-7-26/h1-20,34H,33H2. The van der Waals surface area contributed by atoms with E-state index in [4.69, 9.17) is 5.73 Å². The molecule has 0 amide bonds. The van der Waals surface area contributed by atoms with E-state index in [1.54, 1.807) is 0 Å². The van der Waals surface area contributed by atoms with Gasteiger partial charge in [0.2, 0.25) is 0 Å². The molecule has 3 nitrogen and oxygen atoms in total. The normalized spacial score (nSPS) is 11.5. The first-order valence-electron chi connectivity index (χ1n) is 11.8. The summed E-state index contributed by atoms with van der Waals surface area (Å²) in [6, 6.07) is 42.7. The molecule has 0 aliphatic heterocycles. The Morgan fingerprint density at radius 1 is 0.486 bits per heavy atom. The number of nitrogens with zero attached hydrogens (tertiary/aromatic N) is 1. The molecule has 7 rings (SSSR count). The number of hydrogen-bond donors (Lipinski definition) is 2. The summed E-state index contributed by atoms with van der Waals surface area (Å²) in [4.78, 5) is 0. The largest absolute Gasteiger partial charge is 0.399 e. The first-order chi connectivity index (χ1) is 17.2. The van der Waals surface area contributed by atoms with Crippen molar-refractivity contribution < 1.29 is 0 Å². The predicted octanol–water partition coefficient (Wildman–Crippen LogP) is 8.42. The van der Waals surface area contributed by atoms with Crippen molar-refractivity contribution in [1.29, 1.82) is 0 Å². The van der Waals surface area contributed by atoms with Gasteiger partial charge in [0.25, 0.3) is 0 Å². The molecular weight excluding hydrogens is 426 g/mol. The Morgan fingerprint density at radius 3 is 1.91 bits per heavy atom. The number of nitrogens with one attached hydrogen (secondary N) is 1. The topological polar surface area (TPSA) is 43.0 Å². The molecule has 0 aliphatic rings. The molecule has 0 fully saturated rings. The number of fused-ring (bicyclic) bond motifs is 6. The molecule has 3 N–H and O–H groups in total. The Hall–Kier alpha value is -4.76. The molecule has 0 saturated heterocycles. The summed E-state index contributed by atoms with van der Waals surface area (Å²) in [5, 5.41) is 10.9. The van der Waals surface area contributed by atoms with Crippen molar-refractivity contribution in [2.24, 2.45) is 0 Å². The number of rotatable bonds is 3. The number of nitrogens with two attached hydrogens (primary N) is 1. The van der Waals surface area contributed by atoms with Crippen LogP contribution < -0.4 is 11.1 Å². The van der Waals surface area contributed by atoms with Gasteiger partial charge in [-0.15, -0.1) is 0 Å². The number of benzene rings is 6. The lowest BCUT2D eigenvalue weighted by molar-refractivity contribution is 1.18. The van der Waals surface area contributed by atoms with Gasteiger partial charge in [-0.2, -0.15) is 0 Å². The molecule has 6 aromatic carbocycles. The van der Waals surface area contributed by atoms with Crippen molar-refractivity contribution in [3.8, 4) is 5.69 Å². The van der Waals surface area contributed by atoms with E-state index in [0.717, 1.165) is 17.1 Å². The first kappa shape index (κ1) is 19.7. The average Bonchev–Trinajstić information content (AvgIpc) is 3.23. The SMILES string of the molecule is Nc1ccc2ccc3ccc(Nc4ccc5c(c4)c4ccccc4n5-c4ccccc4)cc3c2c1. The summed E-state index contributed by atoms with van der Waals surface area (Å²) in [7, 11) is 0. The van der Waals surface area contributed by atoms with Crippen molar-refractivity contribution in [3.05, 3.63) is 121 Å². The van der Waals surface area contributed by atoms with Gasteiger partial charge in [0.1, 0.15) is 0 Å². The van der Waals surface area contributed by atoms with Gasteiger partial charge >= 0.3 is 0 Å². The van der Waals surface area contributed by atoms with Crippen LogP contribution in [0.2, 0.25) is 0 Å². The van der Waals surface area contributed by atoms with Crippen molar-refractivity contribution in [2.45, 2.75) is 0 Å². The molecule has 0 spiro atoms. The molecule has 0 radical (unpaired) electrons. The molecule has 0 unspecified atom stereocenters. The van der Waals surface area contributed by atoms with E-state index < -0.39 is 0 Å². The maximum Gasteiger partial charge on any atom is 0.0542 e. The number of para-hydroxylation sites is 2. The maximum atomic E-state index is 6.10. The second-order valence-electron chi connectivity index (χ2n) is 9.03. The molecule has 1 aromatic heterocycles. The average molecular weight is 450 g/mol. The zero-order chi connectivity index (χ0) is 23.4. The van der Waals surface area contributed by atoms with Gasteiger partial charge in [-0.25, -0.2) is 0 Å². The van der Waals surface area contributed by atoms with Crippen LogP contribution in [0, 0.1) is 0 Å². The highest BCUT2D eigenvalue weighted by Gasteiger charge is 2.12. The summed E-state index contributed by atoms with van der Waals surface area (Å²) in [5.74, 6) is 0. The van der Waals surface area contributed by atoms with Gasteiger partial charge in [-0.1, -0.05) is 60.7 Å².